The molecule has 3 nitrogen and oxygen atoms in total. The second-order valence-electron chi connectivity index (χ2n) is 10.2. The van der Waals surface area contributed by atoms with Crippen molar-refractivity contribution in [3.8, 4) is 0 Å². The molecule has 0 spiro atoms. The van der Waals surface area contributed by atoms with Crippen LogP contribution in [0.2, 0.25) is 0 Å². The Hall–Kier alpha value is -0.350. The van der Waals surface area contributed by atoms with Crippen LogP contribution in [0.15, 0.2) is 0 Å². The summed E-state index contributed by atoms with van der Waals surface area (Å²) in [5.74, 6) is 4.10. The van der Waals surface area contributed by atoms with Gasteiger partial charge in [-0.2, -0.15) is 11.8 Å². The molecule has 4 aliphatic rings. The standard InChI is InChI=1S/C23H37NO2S/c1-22-9-7-15(27-12-4-11-24-3)13-19(22)20(25)14-16-17-5-6-21(26)23(17,2)10-8-18(16)22/h15-19,24H,4-14H2,1-3H3/t15-,16+,17+,18+,19?,22-,23+/m1/s1. The third-order valence-electron chi connectivity index (χ3n) is 9.04. The lowest BCUT2D eigenvalue weighted by Crippen LogP contribution is -2.56. The average molecular weight is 392 g/mol. The molecule has 27 heavy (non-hydrogen) atoms. The number of thioether (sulfide) groups is 1. The van der Waals surface area contributed by atoms with E-state index in [0.29, 0.717) is 34.6 Å². The van der Waals surface area contributed by atoms with Crippen molar-refractivity contribution in [2.45, 2.75) is 76.9 Å². The number of ketones is 2. The minimum absolute atomic E-state index is 0.120. The van der Waals surface area contributed by atoms with E-state index in [2.05, 4.69) is 30.9 Å². The molecule has 0 radical (unpaired) electrons. The number of carbonyl (C=O) groups excluding carboxylic acids is 2. The summed E-state index contributed by atoms with van der Waals surface area (Å²) in [5.41, 5.74) is 0.0695. The molecule has 0 aromatic heterocycles. The van der Waals surface area contributed by atoms with E-state index in [1.54, 1.807) is 0 Å². The van der Waals surface area contributed by atoms with E-state index in [-0.39, 0.29) is 16.7 Å². The first-order valence-corrected chi connectivity index (χ1v) is 12.3. The van der Waals surface area contributed by atoms with Gasteiger partial charge in [-0.1, -0.05) is 13.8 Å². The Balaban J connectivity index is 1.48. The number of nitrogens with one attached hydrogen (secondary N) is 1. The number of rotatable bonds is 5. The summed E-state index contributed by atoms with van der Waals surface area (Å²) in [4.78, 5) is 25.8. The van der Waals surface area contributed by atoms with Gasteiger partial charge in [0.05, 0.1) is 0 Å². The summed E-state index contributed by atoms with van der Waals surface area (Å²) in [5, 5.41) is 3.90. The number of Topliss-reactive ketones (excluding diaryl/α,β-unsaturated/α-hetero) is 2. The number of carbonyl (C=O) groups is 2. The zero-order chi connectivity index (χ0) is 19.2. The topological polar surface area (TPSA) is 46.2 Å². The maximum atomic E-state index is 13.3. The van der Waals surface area contributed by atoms with E-state index in [9.17, 15) is 9.59 Å². The Morgan fingerprint density at radius 3 is 2.70 bits per heavy atom. The molecule has 0 saturated heterocycles. The first-order chi connectivity index (χ1) is 12.9. The number of hydrogen-bond acceptors (Lipinski definition) is 4. The predicted molar refractivity (Wildman–Crippen MR) is 112 cm³/mol. The van der Waals surface area contributed by atoms with Gasteiger partial charge in [0.1, 0.15) is 11.6 Å². The van der Waals surface area contributed by atoms with Crippen LogP contribution >= 0.6 is 11.8 Å². The lowest BCUT2D eigenvalue weighted by atomic mass is 9.45. The fraction of sp³-hybridized carbons (Fsp3) is 0.913. The minimum atomic E-state index is -0.120. The van der Waals surface area contributed by atoms with Crippen LogP contribution in [0.3, 0.4) is 0 Å². The highest BCUT2D eigenvalue weighted by atomic mass is 32.2. The molecule has 152 valence electrons. The van der Waals surface area contributed by atoms with Gasteiger partial charge in [0, 0.05) is 29.4 Å². The smallest absolute Gasteiger partial charge is 0.139 e. The zero-order valence-corrected chi connectivity index (χ0v) is 18.2. The van der Waals surface area contributed by atoms with Crippen LogP contribution < -0.4 is 5.32 Å². The van der Waals surface area contributed by atoms with Gasteiger partial charge in [-0.15, -0.1) is 0 Å². The van der Waals surface area contributed by atoms with Crippen molar-refractivity contribution in [1.82, 2.24) is 5.32 Å². The maximum absolute atomic E-state index is 13.3. The summed E-state index contributed by atoms with van der Waals surface area (Å²) >= 11 is 2.10. The van der Waals surface area contributed by atoms with E-state index in [1.165, 1.54) is 31.4 Å². The van der Waals surface area contributed by atoms with Crippen LogP contribution in [0, 0.1) is 34.5 Å². The molecule has 4 heteroatoms. The van der Waals surface area contributed by atoms with Gasteiger partial charge in [0.15, 0.2) is 0 Å². The third-order valence-corrected chi connectivity index (χ3v) is 10.5. The van der Waals surface area contributed by atoms with Crippen LogP contribution in [0.25, 0.3) is 0 Å². The zero-order valence-electron chi connectivity index (χ0n) is 17.4. The lowest BCUT2D eigenvalue weighted by molar-refractivity contribution is -0.155. The van der Waals surface area contributed by atoms with E-state index < -0.39 is 0 Å². The SMILES string of the molecule is CNCCCS[C@@H]1CC[C@@]2(C)C(C1)C(=O)C[C@@H]1[C@@H]2CC[C@]2(C)C(=O)CC[C@@H]12. The molecule has 1 N–H and O–H groups in total. The molecule has 0 aromatic rings. The van der Waals surface area contributed by atoms with E-state index in [1.807, 2.05) is 7.05 Å². The fourth-order valence-electron chi connectivity index (χ4n) is 7.43. The van der Waals surface area contributed by atoms with Crippen LogP contribution in [0.4, 0.5) is 0 Å². The van der Waals surface area contributed by atoms with E-state index in [4.69, 9.17) is 0 Å². The predicted octanol–water partition coefficient (Wildman–Crippen LogP) is 4.49. The molecule has 1 unspecified atom stereocenters. The van der Waals surface area contributed by atoms with Crippen molar-refractivity contribution < 1.29 is 9.59 Å². The largest absolute Gasteiger partial charge is 0.320 e. The van der Waals surface area contributed by atoms with Crippen molar-refractivity contribution in [2.75, 3.05) is 19.3 Å². The summed E-state index contributed by atoms with van der Waals surface area (Å²) in [6.07, 6.45) is 9.59. The van der Waals surface area contributed by atoms with Crippen molar-refractivity contribution >= 4 is 23.3 Å². The highest BCUT2D eigenvalue weighted by molar-refractivity contribution is 7.99. The van der Waals surface area contributed by atoms with Gasteiger partial charge in [0.25, 0.3) is 0 Å². The summed E-state index contributed by atoms with van der Waals surface area (Å²) in [6, 6.07) is 0. The van der Waals surface area contributed by atoms with Crippen molar-refractivity contribution in [3.05, 3.63) is 0 Å². The Morgan fingerprint density at radius 1 is 1.11 bits per heavy atom. The Morgan fingerprint density at radius 2 is 1.93 bits per heavy atom. The van der Waals surface area contributed by atoms with Crippen LogP contribution in [-0.2, 0) is 9.59 Å². The Bertz CT molecular complexity index is 607. The van der Waals surface area contributed by atoms with Crippen LogP contribution in [0.5, 0.6) is 0 Å². The van der Waals surface area contributed by atoms with Crippen LogP contribution in [-0.4, -0.2) is 36.2 Å². The number of fused-ring (bicyclic) bond motifs is 5. The minimum Gasteiger partial charge on any atom is -0.320 e. The summed E-state index contributed by atoms with van der Waals surface area (Å²) in [7, 11) is 2.01. The first kappa shape index (κ1) is 19.9. The maximum Gasteiger partial charge on any atom is 0.139 e. The molecule has 0 amide bonds. The van der Waals surface area contributed by atoms with Gasteiger partial charge >= 0.3 is 0 Å². The van der Waals surface area contributed by atoms with Crippen LogP contribution in [0.1, 0.15) is 71.6 Å². The fourth-order valence-corrected chi connectivity index (χ4v) is 8.68. The van der Waals surface area contributed by atoms with Gasteiger partial charge in [-0.3, -0.25) is 9.59 Å². The average Bonchev–Trinajstić information content (AvgIpc) is 2.95. The van der Waals surface area contributed by atoms with Crippen molar-refractivity contribution in [1.29, 1.82) is 0 Å². The highest BCUT2D eigenvalue weighted by Crippen LogP contribution is 2.65. The molecule has 4 saturated carbocycles. The Labute approximate surface area is 169 Å². The van der Waals surface area contributed by atoms with E-state index >= 15 is 0 Å². The summed E-state index contributed by atoms with van der Waals surface area (Å²) in [6.45, 7) is 5.73. The van der Waals surface area contributed by atoms with Crippen molar-refractivity contribution in [2.24, 2.45) is 34.5 Å². The number of hydrogen-bond donors (Lipinski definition) is 1. The summed E-state index contributed by atoms with van der Waals surface area (Å²) < 4.78 is 0. The molecule has 0 bridgehead atoms. The Kier molecular flexibility index (Phi) is 5.52. The quantitative estimate of drug-likeness (QED) is 0.702. The van der Waals surface area contributed by atoms with Gasteiger partial charge < -0.3 is 5.32 Å². The molecule has 4 rings (SSSR count). The molecule has 7 atom stereocenters. The van der Waals surface area contributed by atoms with Gasteiger partial charge in [-0.05, 0) is 87.5 Å². The molecular formula is C23H37NO2S. The second-order valence-corrected chi connectivity index (χ2v) is 11.7. The van der Waals surface area contributed by atoms with E-state index in [0.717, 1.165) is 38.6 Å². The van der Waals surface area contributed by atoms with Gasteiger partial charge in [0.2, 0.25) is 0 Å². The monoisotopic (exact) mass is 391 g/mol. The molecule has 4 aliphatic carbocycles. The first-order valence-electron chi connectivity index (χ1n) is 11.2. The van der Waals surface area contributed by atoms with Crippen molar-refractivity contribution in [3.63, 3.8) is 0 Å². The molecular weight excluding hydrogens is 354 g/mol. The third kappa shape index (κ3) is 3.23. The molecule has 4 fully saturated rings. The normalized spacial score (nSPS) is 46.7. The second kappa shape index (κ2) is 7.48. The molecule has 0 aliphatic heterocycles. The highest BCUT2D eigenvalue weighted by Gasteiger charge is 2.62. The lowest BCUT2D eigenvalue weighted by Gasteiger charge is -2.59. The molecule has 0 aromatic carbocycles. The van der Waals surface area contributed by atoms with Gasteiger partial charge in [-0.25, -0.2) is 0 Å². The molecule has 0 heterocycles.